The molecule has 0 bridgehead atoms. The molecule has 3 atom stereocenters. The molecule has 0 spiro atoms. The Morgan fingerprint density at radius 3 is 2.58 bits per heavy atom. The standard InChI is InChI=1S/C8H15NO3/c1-5(10)8-6(9(2)3)4-7(11)12-8/h5-6,8,10H,4H2,1-3H3. The second-order valence-electron chi connectivity index (χ2n) is 3.43. The van der Waals surface area contributed by atoms with Crippen LogP contribution in [-0.2, 0) is 9.53 Å². The van der Waals surface area contributed by atoms with Crippen molar-refractivity contribution in [3.8, 4) is 0 Å². The van der Waals surface area contributed by atoms with Crippen LogP contribution in [0.4, 0.5) is 0 Å². The number of ether oxygens (including phenoxy) is 1. The minimum atomic E-state index is -0.594. The minimum Gasteiger partial charge on any atom is -0.458 e. The Morgan fingerprint density at radius 2 is 2.25 bits per heavy atom. The molecule has 1 saturated heterocycles. The number of likely N-dealkylation sites (N-methyl/N-ethyl adjacent to an activating group) is 1. The first-order valence-corrected chi connectivity index (χ1v) is 4.06. The lowest BCUT2D eigenvalue weighted by atomic mass is 10.1. The van der Waals surface area contributed by atoms with E-state index in [1.165, 1.54) is 0 Å². The predicted octanol–water partition coefficient (Wildman–Crippen LogP) is -0.387. The molecule has 1 heterocycles. The van der Waals surface area contributed by atoms with E-state index in [9.17, 15) is 9.90 Å². The van der Waals surface area contributed by atoms with Crippen LogP contribution < -0.4 is 0 Å². The van der Waals surface area contributed by atoms with Crippen molar-refractivity contribution in [2.45, 2.75) is 31.6 Å². The molecule has 0 aliphatic carbocycles. The van der Waals surface area contributed by atoms with Crippen LogP contribution in [0.25, 0.3) is 0 Å². The van der Waals surface area contributed by atoms with Gasteiger partial charge >= 0.3 is 5.97 Å². The Kier molecular flexibility index (Phi) is 2.69. The zero-order valence-corrected chi connectivity index (χ0v) is 7.65. The van der Waals surface area contributed by atoms with Crippen LogP contribution in [0.2, 0.25) is 0 Å². The molecule has 0 aromatic carbocycles. The normalized spacial score (nSPS) is 32.2. The Bertz CT molecular complexity index is 161. The summed E-state index contributed by atoms with van der Waals surface area (Å²) in [6.07, 6.45) is -0.584. The molecule has 1 aliphatic rings. The van der Waals surface area contributed by atoms with Crippen molar-refractivity contribution >= 4 is 5.97 Å². The van der Waals surface area contributed by atoms with Crippen molar-refractivity contribution in [1.82, 2.24) is 4.90 Å². The molecule has 0 aromatic rings. The lowest BCUT2D eigenvalue weighted by molar-refractivity contribution is -0.145. The highest BCUT2D eigenvalue weighted by Gasteiger charge is 2.38. The zero-order valence-electron chi connectivity index (χ0n) is 7.65. The van der Waals surface area contributed by atoms with E-state index in [1.54, 1.807) is 6.92 Å². The number of carbonyl (C=O) groups is 1. The molecule has 1 rings (SSSR count). The molecular weight excluding hydrogens is 158 g/mol. The number of rotatable bonds is 2. The topological polar surface area (TPSA) is 49.8 Å². The molecule has 0 aromatic heterocycles. The monoisotopic (exact) mass is 173 g/mol. The highest BCUT2D eigenvalue weighted by molar-refractivity contribution is 5.72. The average Bonchev–Trinajstić information content (AvgIpc) is 2.31. The largest absolute Gasteiger partial charge is 0.458 e. The minimum absolute atomic E-state index is 0.0116. The van der Waals surface area contributed by atoms with Crippen LogP contribution in [0.15, 0.2) is 0 Å². The van der Waals surface area contributed by atoms with Crippen LogP contribution in [0.3, 0.4) is 0 Å². The van der Waals surface area contributed by atoms with Gasteiger partial charge in [-0.05, 0) is 21.0 Å². The summed E-state index contributed by atoms with van der Waals surface area (Å²) >= 11 is 0. The van der Waals surface area contributed by atoms with E-state index in [2.05, 4.69) is 0 Å². The molecule has 4 heteroatoms. The van der Waals surface area contributed by atoms with Gasteiger partial charge in [-0.15, -0.1) is 0 Å². The lowest BCUT2D eigenvalue weighted by Gasteiger charge is -2.25. The number of nitrogens with zero attached hydrogens (tertiary/aromatic N) is 1. The fourth-order valence-corrected chi connectivity index (χ4v) is 1.46. The number of aliphatic hydroxyl groups excluding tert-OH is 1. The van der Waals surface area contributed by atoms with Gasteiger partial charge in [0.1, 0.15) is 6.10 Å². The predicted molar refractivity (Wildman–Crippen MR) is 43.7 cm³/mol. The van der Waals surface area contributed by atoms with Gasteiger partial charge in [-0.2, -0.15) is 0 Å². The maximum Gasteiger partial charge on any atom is 0.307 e. The average molecular weight is 173 g/mol. The summed E-state index contributed by atoms with van der Waals surface area (Å²) < 4.78 is 4.97. The quantitative estimate of drug-likeness (QED) is 0.578. The number of hydrogen-bond acceptors (Lipinski definition) is 4. The van der Waals surface area contributed by atoms with Crippen LogP contribution in [0.5, 0.6) is 0 Å². The maximum atomic E-state index is 10.9. The van der Waals surface area contributed by atoms with E-state index in [-0.39, 0.29) is 18.1 Å². The van der Waals surface area contributed by atoms with Crippen molar-refractivity contribution in [3.63, 3.8) is 0 Å². The molecule has 4 nitrogen and oxygen atoms in total. The third kappa shape index (κ3) is 1.76. The summed E-state index contributed by atoms with van der Waals surface area (Å²) in [5, 5.41) is 9.29. The molecule has 0 saturated carbocycles. The van der Waals surface area contributed by atoms with Crippen molar-refractivity contribution in [3.05, 3.63) is 0 Å². The Hall–Kier alpha value is -0.610. The third-order valence-electron chi connectivity index (χ3n) is 2.16. The third-order valence-corrected chi connectivity index (χ3v) is 2.16. The van der Waals surface area contributed by atoms with Gasteiger partial charge < -0.3 is 14.7 Å². The summed E-state index contributed by atoms with van der Waals surface area (Å²) in [7, 11) is 3.75. The molecule has 0 amide bonds. The Balaban J connectivity index is 2.65. The van der Waals surface area contributed by atoms with E-state index in [0.29, 0.717) is 6.42 Å². The molecule has 12 heavy (non-hydrogen) atoms. The first-order valence-electron chi connectivity index (χ1n) is 4.06. The van der Waals surface area contributed by atoms with Crippen molar-refractivity contribution in [2.24, 2.45) is 0 Å². The molecule has 1 N–H and O–H groups in total. The van der Waals surface area contributed by atoms with E-state index in [4.69, 9.17) is 4.74 Å². The SMILES string of the molecule is CC(O)C1OC(=O)CC1N(C)C. The molecule has 70 valence electrons. The fraction of sp³-hybridized carbons (Fsp3) is 0.875. The van der Waals surface area contributed by atoms with E-state index in [0.717, 1.165) is 0 Å². The van der Waals surface area contributed by atoms with Gasteiger partial charge in [0.2, 0.25) is 0 Å². The fourth-order valence-electron chi connectivity index (χ4n) is 1.46. The Labute approximate surface area is 72.1 Å². The first-order chi connectivity index (χ1) is 5.52. The summed E-state index contributed by atoms with van der Waals surface area (Å²) in [5.41, 5.74) is 0. The highest BCUT2D eigenvalue weighted by atomic mass is 16.6. The summed E-state index contributed by atoms with van der Waals surface area (Å²) in [5.74, 6) is -0.223. The molecular formula is C8H15NO3. The smallest absolute Gasteiger partial charge is 0.307 e. The summed E-state index contributed by atoms with van der Waals surface area (Å²) in [6, 6.07) is 0.0116. The summed E-state index contributed by atoms with van der Waals surface area (Å²) in [4.78, 5) is 12.8. The Morgan fingerprint density at radius 1 is 1.67 bits per heavy atom. The number of aliphatic hydroxyl groups is 1. The van der Waals surface area contributed by atoms with Crippen molar-refractivity contribution < 1.29 is 14.6 Å². The van der Waals surface area contributed by atoms with Crippen LogP contribution in [-0.4, -0.2) is 48.3 Å². The van der Waals surface area contributed by atoms with Gasteiger partial charge in [0.15, 0.2) is 0 Å². The molecule has 1 fully saturated rings. The second kappa shape index (κ2) is 3.41. The van der Waals surface area contributed by atoms with Crippen molar-refractivity contribution in [2.75, 3.05) is 14.1 Å². The van der Waals surface area contributed by atoms with E-state index < -0.39 is 6.10 Å². The first kappa shape index (κ1) is 9.48. The van der Waals surface area contributed by atoms with Gasteiger partial charge in [0, 0.05) is 0 Å². The summed E-state index contributed by atoms with van der Waals surface area (Å²) in [6.45, 7) is 1.64. The van der Waals surface area contributed by atoms with Crippen LogP contribution in [0.1, 0.15) is 13.3 Å². The van der Waals surface area contributed by atoms with Gasteiger partial charge in [-0.3, -0.25) is 4.79 Å². The highest BCUT2D eigenvalue weighted by Crippen LogP contribution is 2.21. The van der Waals surface area contributed by atoms with Gasteiger partial charge in [0.05, 0.1) is 18.6 Å². The molecule has 0 radical (unpaired) electrons. The van der Waals surface area contributed by atoms with Crippen LogP contribution >= 0.6 is 0 Å². The zero-order chi connectivity index (χ0) is 9.30. The lowest BCUT2D eigenvalue weighted by Crippen LogP contribution is -2.41. The van der Waals surface area contributed by atoms with Crippen LogP contribution in [0, 0.1) is 0 Å². The molecule has 1 aliphatic heterocycles. The number of esters is 1. The second-order valence-corrected chi connectivity index (χ2v) is 3.43. The van der Waals surface area contributed by atoms with Gasteiger partial charge in [-0.25, -0.2) is 0 Å². The number of hydrogen-bond donors (Lipinski definition) is 1. The maximum absolute atomic E-state index is 10.9. The van der Waals surface area contributed by atoms with Gasteiger partial charge in [0.25, 0.3) is 0 Å². The van der Waals surface area contributed by atoms with Crippen molar-refractivity contribution in [1.29, 1.82) is 0 Å². The molecule has 3 unspecified atom stereocenters. The number of cyclic esters (lactones) is 1. The van der Waals surface area contributed by atoms with Gasteiger partial charge in [-0.1, -0.05) is 0 Å². The number of carbonyl (C=O) groups excluding carboxylic acids is 1. The van der Waals surface area contributed by atoms with E-state index >= 15 is 0 Å². The van der Waals surface area contributed by atoms with E-state index in [1.807, 2.05) is 19.0 Å².